The number of hydrogen-bond donors (Lipinski definition) is 0. The van der Waals surface area contributed by atoms with Gasteiger partial charge in [0.25, 0.3) is 0 Å². The third-order valence-corrected chi connectivity index (χ3v) is 10.9. The van der Waals surface area contributed by atoms with Crippen LogP contribution >= 0.6 is 11.3 Å². The van der Waals surface area contributed by atoms with Gasteiger partial charge in [-0.25, -0.2) is 24.9 Å². The highest BCUT2D eigenvalue weighted by Gasteiger charge is 2.16. The van der Waals surface area contributed by atoms with Crippen molar-refractivity contribution in [3.63, 3.8) is 0 Å². The van der Waals surface area contributed by atoms with Crippen LogP contribution in [0.1, 0.15) is 0 Å². The van der Waals surface area contributed by atoms with Crippen LogP contribution in [0.3, 0.4) is 0 Å². The molecule has 0 saturated heterocycles. The Bertz CT molecular complexity index is 2890. The Morgan fingerprint density at radius 3 is 1.24 bits per heavy atom. The molecule has 0 atom stereocenters. The summed E-state index contributed by atoms with van der Waals surface area (Å²) in [4.78, 5) is 25.0. The average molecular weight is 722 g/mol. The molecule has 0 amide bonds. The van der Waals surface area contributed by atoms with Crippen molar-refractivity contribution in [2.24, 2.45) is 0 Å². The standard InChI is InChI=1S/C49H31N5S/c1-5-13-32(14-6-1)33-21-23-34(24-22-33)42-31-43(51-46(50-42)35-15-7-2-8-16-35)38-25-27-40-41-29-39(26-28-44(41)55-45(40)30-38)49-53-47(36-17-9-3-10-18-36)52-48(54-49)37-19-11-4-12-20-37/h1-31H. The highest BCUT2D eigenvalue weighted by atomic mass is 32.1. The highest BCUT2D eigenvalue weighted by Crippen LogP contribution is 2.39. The number of rotatable bonds is 7. The van der Waals surface area contributed by atoms with Crippen molar-refractivity contribution in [2.45, 2.75) is 0 Å². The Labute approximate surface area is 322 Å². The Morgan fingerprint density at radius 1 is 0.255 bits per heavy atom. The smallest absolute Gasteiger partial charge is 0.164 e. The van der Waals surface area contributed by atoms with Crippen LogP contribution in [-0.4, -0.2) is 24.9 Å². The fraction of sp³-hybridized carbons (Fsp3) is 0. The van der Waals surface area contributed by atoms with Gasteiger partial charge in [0.05, 0.1) is 11.4 Å². The van der Waals surface area contributed by atoms with Crippen LogP contribution in [0.25, 0.3) is 99.4 Å². The maximum Gasteiger partial charge on any atom is 0.164 e. The van der Waals surface area contributed by atoms with Crippen LogP contribution in [0.15, 0.2) is 188 Å². The molecule has 0 aliphatic rings. The first-order valence-electron chi connectivity index (χ1n) is 18.2. The summed E-state index contributed by atoms with van der Waals surface area (Å²) in [6, 6.07) is 64.7. The van der Waals surface area contributed by atoms with Gasteiger partial charge in [-0.3, -0.25) is 0 Å². The van der Waals surface area contributed by atoms with Crippen LogP contribution in [0.2, 0.25) is 0 Å². The second-order valence-electron chi connectivity index (χ2n) is 13.3. The van der Waals surface area contributed by atoms with Crippen molar-refractivity contribution in [3.8, 4) is 79.2 Å². The van der Waals surface area contributed by atoms with Gasteiger partial charge < -0.3 is 0 Å². The zero-order chi connectivity index (χ0) is 36.6. The van der Waals surface area contributed by atoms with Crippen LogP contribution in [0, 0.1) is 0 Å². The molecule has 0 fully saturated rings. The third-order valence-electron chi connectivity index (χ3n) is 9.77. The molecular formula is C49H31N5S. The molecule has 7 aromatic carbocycles. The molecule has 3 heterocycles. The van der Waals surface area contributed by atoms with Gasteiger partial charge in [0.2, 0.25) is 0 Å². The van der Waals surface area contributed by atoms with E-state index in [-0.39, 0.29) is 0 Å². The van der Waals surface area contributed by atoms with Crippen molar-refractivity contribution in [3.05, 3.63) is 188 Å². The Balaban J connectivity index is 1.05. The minimum Gasteiger partial charge on any atom is -0.228 e. The highest BCUT2D eigenvalue weighted by molar-refractivity contribution is 7.25. The third kappa shape index (κ3) is 6.45. The van der Waals surface area contributed by atoms with Gasteiger partial charge in [-0.05, 0) is 41.5 Å². The Morgan fingerprint density at radius 2 is 0.673 bits per heavy atom. The molecule has 5 nitrogen and oxygen atoms in total. The molecule has 0 aliphatic heterocycles. The van der Waals surface area contributed by atoms with E-state index in [0.717, 1.165) is 44.8 Å². The van der Waals surface area contributed by atoms with Gasteiger partial charge in [-0.2, -0.15) is 0 Å². The van der Waals surface area contributed by atoms with E-state index in [1.54, 1.807) is 11.3 Å². The Hall–Kier alpha value is -7.15. The normalized spacial score (nSPS) is 11.3. The van der Waals surface area contributed by atoms with E-state index < -0.39 is 0 Å². The first kappa shape index (κ1) is 32.5. The SMILES string of the molecule is c1ccc(-c2ccc(-c3cc(-c4ccc5c(c4)sc4ccc(-c6nc(-c7ccccc7)nc(-c7ccccc7)n6)cc45)nc(-c4ccccc4)n3)cc2)cc1. The molecule has 0 saturated carbocycles. The summed E-state index contributed by atoms with van der Waals surface area (Å²) in [5.41, 5.74) is 10.0. The van der Waals surface area contributed by atoms with E-state index in [1.807, 2.05) is 84.9 Å². The summed E-state index contributed by atoms with van der Waals surface area (Å²) in [6.45, 7) is 0. The summed E-state index contributed by atoms with van der Waals surface area (Å²) in [7, 11) is 0. The van der Waals surface area contributed by atoms with Crippen molar-refractivity contribution in [2.75, 3.05) is 0 Å². The number of thiophene rings is 1. The lowest BCUT2D eigenvalue weighted by atomic mass is 10.0. The second kappa shape index (κ2) is 14.0. The predicted molar refractivity (Wildman–Crippen MR) is 226 cm³/mol. The van der Waals surface area contributed by atoms with E-state index in [0.29, 0.717) is 23.3 Å². The van der Waals surface area contributed by atoms with Gasteiger partial charge >= 0.3 is 0 Å². The van der Waals surface area contributed by atoms with Gasteiger partial charge in [0.1, 0.15) is 0 Å². The van der Waals surface area contributed by atoms with Crippen LogP contribution in [-0.2, 0) is 0 Å². The molecule has 10 rings (SSSR count). The minimum atomic E-state index is 0.643. The number of nitrogens with zero attached hydrogens (tertiary/aromatic N) is 5. The lowest BCUT2D eigenvalue weighted by molar-refractivity contribution is 1.07. The molecule has 55 heavy (non-hydrogen) atoms. The van der Waals surface area contributed by atoms with Gasteiger partial charge in [-0.1, -0.05) is 158 Å². The van der Waals surface area contributed by atoms with E-state index in [2.05, 4.69) is 103 Å². The topological polar surface area (TPSA) is 64.5 Å². The lowest BCUT2D eigenvalue weighted by Gasteiger charge is -2.10. The van der Waals surface area contributed by atoms with Crippen LogP contribution in [0.4, 0.5) is 0 Å². The number of benzene rings is 7. The van der Waals surface area contributed by atoms with E-state index >= 15 is 0 Å². The molecule has 3 aromatic heterocycles. The summed E-state index contributed by atoms with van der Waals surface area (Å²) in [5.74, 6) is 2.64. The monoisotopic (exact) mass is 721 g/mol. The molecule has 0 unspecified atom stereocenters. The van der Waals surface area contributed by atoms with Gasteiger partial charge in [0.15, 0.2) is 23.3 Å². The minimum absolute atomic E-state index is 0.643. The maximum atomic E-state index is 5.12. The fourth-order valence-electron chi connectivity index (χ4n) is 6.94. The molecule has 0 bridgehead atoms. The average Bonchev–Trinajstić information content (AvgIpc) is 3.65. The summed E-state index contributed by atoms with van der Waals surface area (Å²) < 4.78 is 2.38. The molecule has 0 aliphatic carbocycles. The Kier molecular flexibility index (Phi) is 8.28. The largest absolute Gasteiger partial charge is 0.228 e. The summed E-state index contributed by atoms with van der Waals surface area (Å²) >= 11 is 1.78. The molecule has 0 N–H and O–H groups in total. The van der Waals surface area contributed by atoms with Crippen molar-refractivity contribution >= 4 is 31.5 Å². The summed E-state index contributed by atoms with van der Waals surface area (Å²) in [5, 5.41) is 2.35. The molecule has 6 heteroatoms. The molecule has 258 valence electrons. The molecule has 0 radical (unpaired) electrons. The second-order valence-corrected chi connectivity index (χ2v) is 14.4. The van der Waals surface area contributed by atoms with E-state index in [9.17, 15) is 0 Å². The zero-order valence-corrected chi connectivity index (χ0v) is 30.4. The van der Waals surface area contributed by atoms with E-state index in [1.165, 1.54) is 31.3 Å². The first-order chi connectivity index (χ1) is 27.2. The molecule has 10 aromatic rings. The van der Waals surface area contributed by atoms with Gasteiger partial charge in [-0.15, -0.1) is 11.3 Å². The zero-order valence-electron chi connectivity index (χ0n) is 29.5. The maximum absolute atomic E-state index is 5.12. The van der Waals surface area contributed by atoms with Crippen LogP contribution in [0.5, 0.6) is 0 Å². The first-order valence-corrected chi connectivity index (χ1v) is 19.0. The van der Waals surface area contributed by atoms with Gasteiger partial charge in [0, 0.05) is 53.6 Å². The van der Waals surface area contributed by atoms with E-state index in [4.69, 9.17) is 24.9 Å². The lowest BCUT2D eigenvalue weighted by Crippen LogP contribution is -2.00. The molecular weight excluding hydrogens is 691 g/mol. The summed E-state index contributed by atoms with van der Waals surface area (Å²) in [6.07, 6.45) is 0. The number of fused-ring (bicyclic) bond motifs is 3. The molecule has 0 spiro atoms. The number of aromatic nitrogens is 5. The van der Waals surface area contributed by atoms with Crippen molar-refractivity contribution < 1.29 is 0 Å². The number of hydrogen-bond acceptors (Lipinski definition) is 6. The van der Waals surface area contributed by atoms with Crippen LogP contribution < -0.4 is 0 Å². The quantitative estimate of drug-likeness (QED) is 0.164. The van der Waals surface area contributed by atoms with Crippen molar-refractivity contribution in [1.29, 1.82) is 0 Å². The predicted octanol–water partition coefficient (Wildman–Crippen LogP) is 12.7. The fourth-order valence-corrected chi connectivity index (χ4v) is 8.06. The van der Waals surface area contributed by atoms with Crippen molar-refractivity contribution in [1.82, 2.24) is 24.9 Å².